The van der Waals surface area contributed by atoms with Gasteiger partial charge in [-0.05, 0) is 38.5 Å². The highest BCUT2D eigenvalue weighted by atomic mass is 16.5. The van der Waals surface area contributed by atoms with Gasteiger partial charge in [-0.25, -0.2) is 9.78 Å². The fraction of sp³-hybridized carbons (Fsp3) is 0.300. The van der Waals surface area contributed by atoms with Crippen LogP contribution in [-0.2, 0) is 6.54 Å². The largest absolute Gasteiger partial charge is 0.489 e. The van der Waals surface area contributed by atoms with Crippen molar-refractivity contribution in [1.29, 1.82) is 0 Å². The van der Waals surface area contributed by atoms with Gasteiger partial charge in [-0.2, -0.15) is 0 Å². The Balaban J connectivity index is 1.98. The molecule has 28 heavy (non-hydrogen) atoms. The van der Waals surface area contributed by atoms with Crippen molar-refractivity contribution in [2.24, 2.45) is 0 Å². The van der Waals surface area contributed by atoms with Crippen LogP contribution in [0.15, 0.2) is 46.1 Å². The number of hydrogen-bond acceptors (Lipinski definition) is 5. The Morgan fingerprint density at radius 2 is 2.04 bits per heavy atom. The molecular weight excluding hydrogens is 360 g/mol. The molecular formula is C20H22N4O4. The molecule has 0 bridgehead atoms. The molecule has 2 heterocycles. The zero-order valence-corrected chi connectivity index (χ0v) is 16.0. The molecule has 0 saturated carbocycles. The fourth-order valence-corrected chi connectivity index (χ4v) is 2.84. The molecule has 0 atom stereocenters. The Morgan fingerprint density at radius 3 is 2.75 bits per heavy atom. The normalized spacial score (nSPS) is 11.0. The Labute approximate surface area is 161 Å². The van der Waals surface area contributed by atoms with Gasteiger partial charge in [-0.15, -0.1) is 0 Å². The van der Waals surface area contributed by atoms with E-state index in [4.69, 9.17) is 4.74 Å². The lowest BCUT2D eigenvalue weighted by Gasteiger charge is -2.15. The van der Waals surface area contributed by atoms with Crippen molar-refractivity contribution in [3.63, 3.8) is 0 Å². The Hall–Kier alpha value is -3.42. The van der Waals surface area contributed by atoms with E-state index in [1.54, 1.807) is 18.2 Å². The summed E-state index contributed by atoms with van der Waals surface area (Å²) in [4.78, 5) is 43.4. The number of nitrogens with zero attached hydrogens (tertiary/aromatic N) is 2. The predicted octanol–water partition coefficient (Wildman–Crippen LogP) is 2.53. The van der Waals surface area contributed by atoms with Gasteiger partial charge in [-0.1, -0.05) is 19.1 Å². The van der Waals surface area contributed by atoms with Gasteiger partial charge < -0.3 is 10.1 Å². The number of para-hydroxylation sites is 2. The van der Waals surface area contributed by atoms with Gasteiger partial charge in [-0.3, -0.25) is 19.1 Å². The van der Waals surface area contributed by atoms with Crippen LogP contribution < -0.4 is 21.3 Å². The molecule has 2 aromatic heterocycles. The minimum absolute atomic E-state index is 0.0470. The zero-order chi connectivity index (χ0) is 20.3. The van der Waals surface area contributed by atoms with Gasteiger partial charge in [0, 0.05) is 12.7 Å². The first-order chi connectivity index (χ1) is 13.4. The summed E-state index contributed by atoms with van der Waals surface area (Å²) in [5.41, 5.74) is -0.0947. The van der Waals surface area contributed by atoms with E-state index in [0.717, 1.165) is 0 Å². The average Bonchev–Trinajstić information content (AvgIpc) is 2.66. The van der Waals surface area contributed by atoms with E-state index in [1.807, 2.05) is 26.8 Å². The van der Waals surface area contributed by atoms with Crippen LogP contribution in [0.3, 0.4) is 0 Å². The molecule has 2 N–H and O–H groups in total. The zero-order valence-electron chi connectivity index (χ0n) is 16.0. The first kappa shape index (κ1) is 19.3. The minimum atomic E-state index is -0.571. The van der Waals surface area contributed by atoms with Crippen molar-refractivity contribution >= 4 is 22.6 Å². The molecule has 8 heteroatoms. The molecule has 0 radical (unpaired) electrons. The number of rotatable bonds is 6. The summed E-state index contributed by atoms with van der Waals surface area (Å²) in [5.74, 6) is 0.121. The van der Waals surface area contributed by atoms with Crippen molar-refractivity contribution in [3.8, 4) is 5.75 Å². The summed E-state index contributed by atoms with van der Waals surface area (Å²) in [6, 6.07) is 8.54. The summed E-state index contributed by atoms with van der Waals surface area (Å²) in [7, 11) is 0. The maximum absolute atomic E-state index is 12.7. The number of anilines is 1. The van der Waals surface area contributed by atoms with Crippen molar-refractivity contribution in [3.05, 3.63) is 62.9 Å². The first-order valence-corrected chi connectivity index (χ1v) is 9.10. The van der Waals surface area contributed by atoms with Gasteiger partial charge in [0.25, 0.3) is 11.5 Å². The molecule has 0 fully saturated rings. The summed E-state index contributed by atoms with van der Waals surface area (Å²) >= 11 is 0. The standard InChI is InChI=1S/C20H22N4O4/c1-4-9-24-17-14(19(26)23-20(24)27)10-13(11-21-17)18(25)22-15-7-5-6-8-16(15)28-12(2)3/h5-8,10-12H,4,9H2,1-3H3,(H,22,25)(H,23,26,27). The molecule has 8 nitrogen and oxygen atoms in total. The maximum Gasteiger partial charge on any atom is 0.329 e. The summed E-state index contributed by atoms with van der Waals surface area (Å²) in [5, 5.41) is 2.97. The number of benzene rings is 1. The third kappa shape index (κ3) is 3.95. The average molecular weight is 382 g/mol. The van der Waals surface area contributed by atoms with Crippen LogP contribution >= 0.6 is 0 Å². The van der Waals surface area contributed by atoms with E-state index in [9.17, 15) is 14.4 Å². The second kappa shape index (κ2) is 8.08. The Morgan fingerprint density at radius 1 is 1.29 bits per heavy atom. The SMILES string of the molecule is CCCn1c(=O)[nH]c(=O)c2cc(C(=O)Nc3ccccc3OC(C)C)cnc21. The highest BCUT2D eigenvalue weighted by molar-refractivity contribution is 6.06. The quantitative estimate of drug-likeness (QED) is 0.681. The molecule has 3 rings (SSSR count). The number of amides is 1. The smallest absolute Gasteiger partial charge is 0.329 e. The number of hydrogen-bond donors (Lipinski definition) is 2. The molecule has 0 saturated heterocycles. The van der Waals surface area contributed by atoms with Crippen LogP contribution in [0.2, 0.25) is 0 Å². The van der Waals surface area contributed by atoms with E-state index >= 15 is 0 Å². The Bertz CT molecular complexity index is 1130. The number of fused-ring (bicyclic) bond motifs is 1. The van der Waals surface area contributed by atoms with Crippen molar-refractivity contribution in [2.75, 3.05) is 5.32 Å². The van der Waals surface area contributed by atoms with Crippen LogP contribution in [0.4, 0.5) is 5.69 Å². The third-order valence-corrected chi connectivity index (χ3v) is 4.04. The van der Waals surface area contributed by atoms with E-state index in [0.29, 0.717) is 24.4 Å². The predicted molar refractivity (Wildman–Crippen MR) is 107 cm³/mol. The van der Waals surface area contributed by atoms with E-state index in [2.05, 4.69) is 15.3 Å². The molecule has 0 aliphatic carbocycles. The molecule has 3 aromatic rings. The summed E-state index contributed by atoms with van der Waals surface area (Å²) < 4.78 is 7.10. The number of ether oxygens (including phenoxy) is 1. The highest BCUT2D eigenvalue weighted by Gasteiger charge is 2.15. The number of aromatic amines is 1. The summed E-state index contributed by atoms with van der Waals surface area (Å²) in [6.45, 7) is 6.13. The number of nitrogens with one attached hydrogen (secondary N) is 2. The van der Waals surface area contributed by atoms with Crippen molar-refractivity contribution < 1.29 is 9.53 Å². The topological polar surface area (TPSA) is 106 Å². The van der Waals surface area contributed by atoms with Gasteiger partial charge in [0.1, 0.15) is 11.4 Å². The number of aryl methyl sites for hydroxylation is 1. The van der Waals surface area contributed by atoms with Crippen LogP contribution in [0.5, 0.6) is 5.75 Å². The summed E-state index contributed by atoms with van der Waals surface area (Å²) in [6.07, 6.45) is 2.01. The molecule has 0 unspecified atom stereocenters. The van der Waals surface area contributed by atoms with Gasteiger partial charge in [0.15, 0.2) is 0 Å². The number of carbonyl (C=O) groups excluding carboxylic acids is 1. The van der Waals surface area contributed by atoms with Gasteiger partial charge in [0.05, 0.1) is 22.7 Å². The van der Waals surface area contributed by atoms with Crippen LogP contribution in [-0.4, -0.2) is 26.5 Å². The molecule has 0 aliphatic heterocycles. The molecule has 0 spiro atoms. The van der Waals surface area contributed by atoms with Crippen LogP contribution in [0, 0.1) is 0 Å². The van der Waals surface area contributed by atoms with Crippen LogP contribution in [0.1, 0.15) is 37.6 Å². The monoisotopic (exact) mass is 382 g/mol. The van der Waals surface area contributed by atoms with Gasteiger partial charge >= 0.3 is 5.69 Å². The number of aromatic nitrogens is 3. The van der Waals surface area contributed by atoms with E-state index in [-0.39, 0.29) is 22.7 Å². The maximum atomic E-state index is 12.7. The van der Waals surface area contributed by atoms with Crippen molar-refractivity contribution in [1.82, 2.24) is 14.5 Å². The molecule has 0 aliphatic rings. The minimum Gasteiger partial charge on any atom is -0.489 e. The second-order valence-electron chi connectivity index (χ2n) is 6.62. The van der Waals surface area contributed by atoms with E-state index in [1.165, 1.54) is 16.8 Å². The molecule has 1 aromatic carbocycles. The lowest BCUT2D eigenvalue weighted by atomic mass is 10.2. The Kier molecular flexibility index (Phi) is 5.58. The highest BCUT2D eigenvalue weighted by Crippen LogP contribution is 2.25. The molecule has 1 amide bonds. The van der Waals surface area contributed by atoms with Crippen LogP contribution in [0.25, 0.3) is 11.0 Å². The lowest BCUT2D eigenvalue weighted by molar-refractivity contribution is 0.102. The lowest BCUT2D eigenvalue weighted by Crippen LogP contribution is -2.31. The third-order valence-electron chi connectivity index (χ3n) is 4.04. The molecule has 146 valence electrons. The van der Waals surface area contributed by atoms with Gasteiger partial charge in [0.2, 0.25) is 0 Å². The number of pyridine rings is 1. The number of carbonyl (C=O) groups is 1. The second-order valence-corrected chi connectivity index (χ2v) is 6.62. The first-order valence-electron chi connectivity index (χ1n) is 9.10. The fourth-order valence-electron chi connectivity index (χ4n) is 2.84. The number of H-pyrrole nitrogens is 1. The van der Waals surface area contributed by atoms with E-state index < -0.39 is 17.2 Å². The van der Waals surface area contributed by atoms with Crippen molar-refractivity contribution in [2.45, 2.75) is 39.8 Å².